The molecule has 0 saturated heterocycles. The largest absolute Gasteiger partial charge is 0.392 e. The van der Waals surface area contributed by atoms with Crippen molar-refractivity contribution in [3.63, 3.8) is 0 Å². The Kier molecular flexibility index (Phi) is 4.37. The smallest absolute Gasteiger partial charge is 0.0678 e. The fourth-order valence-electron chi connectivity index (χ4n) is 0.479. The third-order valence-corrected chi connectivity index (χ3v) is 2.44. The summed E-state index contributed by atoms with van der Waals surface area (Å²) >= 11 is 1.79. The first-order valence-electron chi connectivity index (χ1n) is 3.74. The van der Waals surface area contributed by atoms with E-state index in [1.807, 2.05) is 0 Å². The highest BCUT2D eigenvalue weighted by Crippen LogP contribution is 2.21. The van der Waals surface area contributed by atoms with E-state index in [1.54, 1.807) is 11.8 Å². The third-order valence-electron chi connectivity index (χ3n) is 1.48. The lowest BCUT2D eigenvalue weighted by Gasteiger charge is -2.25. The summed E-state index contributed by atoms with van der Waals surface area (Å²) in [7, 11) is 0. The highest BCUT2D eigenvalue weighted by Gasteiger charge is 2.21. The molecule has 0 spiro atoms. The van der Waals surface area contributed by atoms with Gasteiger partial charge in [0.05, 0.1) is 6.10 Å². The highest BCUT2D eigenvalue weighted by molar-refractivity contribution is 7.99. The molecule has 62 valence electrons. The molecule has 1 atom stereocenters. The Labute approximate surface area is 68.2 Å². The van der Waals surface area contributed by atoms with Crippen LogP contribution in [0.15, 0.2) is 0 Å². The zero-order chi connectivity index (χ0) is 8.20. The molecule has 0 aromatic rings. The standard InChI is InChI=1S/C8H18OS/c1-5-10-6-7(9)8(2,3)4/h7,9H,5-6H2,1-4H3. The Balaban J connectivity index is 3.52. The van der Waals surface area contributed by atoms with Crippen molar-refractivity contribution in [1.29, 1.82) is 0 Å². The summed E-state index contributed by atoms with van der Waals surface area (Å²) < 4.78 is 0. The van der Waals surface area contributed by atoms with E-state index in [4.69, 9.17) is 0 Å². The van der Waals surface area contributed by atoms with Gasteiger partial charge in [0.25, 0.3) is 0 Å². The number of aliphatic hydroxyl groups excluding tert-OH is 1. The number of hydrogen-bond acceptors (Lipinski definition) is 2. The van der Waals surface area contributed by atoms with Gasteiger partial charge in [-0.25, -0.2) is 0 Å². The van der Waals surface area contributed by atoms with Crippen LogP contribution in [0.2, 0.25) is 0 Å². The van der Waals surface area contributed by atoms with E-state index in [-0.39, 0.29) is 11.5 Å². The first-order chi connectivity index (χ1) is 4.48. The maximum Gasteiger partial charge on any atom is 0.0678 e. The van der Waals surface area contributed by atoms with E-state index >= 15 is 0 Å². The van der Waals surface area contributed by atoms with Crippen LogP contribution in [0.5, 0.6) is 0 Å². The lowest BCUT2D eigenvalue weighted by Crippen LogP contribution is -2.28. The fourth-order valence-corrected chi connectivity index (χ4v) is 1.44. The molecule has 0 fully saturated rings. The Morgan fingerprint density at radius 1 is 1.40 bits per heavy atom. The van der Waals surface area contributed by atoms with Crippen molar-refractivity contribution in [2.75, 3.05) is 11.5 Å². The maximum absolute atomic E-state index is 9.50. The fraction of sp³-hybridized carbons (Fsp3) is 1.00. The zero-order valence-electron chi connectivity index (χ0n) is 7.35. The van der Waals surface area contributed by atoms with E-state index < -0.39 is 0 Å². The van der Waals surface area contributed by atoms with Crippen LogP contribution in [0.25, 0.3) is 0 Å². The van der Waals surface area contributed by atoms with E-state index in [0.29, 0.717) is 0 Å². The normalized spacial score (nSPS) is 15.3. The third kappa shape index (κ3) is 4.18. The van der Waals surface area contributed by atoms with Gasteiger partial charge in [0.15, 0.2) is 0 Å². The summed E-state index contributed by atoms with van der Waals surface area (Å²) in [5, 5.41) is 9.50. The van der Waals surface area contributed by atoms with Gasteiger partial charge in [-0.1, -0.05) is 27.7 Å². The molecule has 1 unspecified atom stereocenters. The first kappa shape index (κ1) is 10.3. The van der Waals surface area contributed by atoms with E-state index in [1.165, 1.54) is 0 Å². The van der Waals surface area contributed by atoms with Crippen LogP contribution in [-0.2, 0) is 0 Å². The summed E-state index contributed by atoms with van der Waals surface area (Å²) in [5.41, 5.74) is 0.0438. The van der Waals surface area contributed by atoms with Gasteiger partial charge in [-0.05, 0) is 11.2 Å². The van der Waals surface area contributed by atoms with Gasteiger partial charge in [0, 0.05) is 5.75 Å². The average molecular weight is 162 g/mol. The molecule has 0 heterocycles. The molecular formula is C8H18OS. The van der Waals surface area contributed by atoms with Crippen LogP contribution in [-0.4, -0.2) is 22.7 Å². The second-order valence-electron chi connectivity index (χ2n) is 3.54. The summed E-state index contributed by atoms with van der Waals surface area (Å²) in [6, 6.07) is 0. The molecule has 0 aliphatic carbocycles. The van der Waals surface area contributed by atoms with Crippen LogP contribution >= 0.6 is 11.8 Å². The van der Waals surface area contributed by atoms with Crippen LogP contribution in [0, 0.1) is 5.41 Å². The summed E-state index contributed by atoms with van der Waals surface area (Å²) in [5.74, 6) is 1.95. The number of hydrogen-bond donors (Lipinski definition) is 1. The summed E-state index contributed by atoms with van der Waals surface area (Å²) in [6.07, 6.45) is -0.169. The van der Waals surface area contributed by atoms with Gasteiger partial charge in [0.2, 0.25) is 0 Å². The highest BCUT2D eigenvalue weighted by atomic mass is 32.2. The molecule has 1 nitrogen and oxygen atoms in total. The molecule has 0 aromatic heterocycles. The van der Waals surface area contributed by atoms with Crippen LogP contribution in [0.3, 0.4) is 0 Å². The second kappa shape index (κ2) is 4.24. The van der Waals surface area contributed by atoms with Crippen molar-refractivity contribution in [3.05, 3.63) is 0 Å². The molecule has 1 N–H and O–H groups in total. The predicted octanol–water partition coefficient (Wildman–Crippen LogP) is 2.15. The summed E-state index contributed by atoms with van der Waals surface area (Å²) in [4.78, 5) is 0. The van der Waals surface area contributed by atoms with Crippen molar-refractivity contribution in [3.8, 4) is 0 Å². The predicted molar refractivity (Wildman–Crippen MR) is 48.5 cm³/mol. The topological polar surface area (TPSA) is 20.2 Å². The molecule has 0 aromatic carbocycles. The Morgan fingerprint density at radius 2 is 1.90 bits per heavy atom. The minimum atomic E-state index is -0.169. The van der Waals surface area contributed by atoms with Crippen molar-refractivity contribution in [2.45, 2.75) is 33.8 Å². The first-order valence-corrected chi connectivity index (χ1v) is 4.89. The van der Waals surface area contributed by atoms with Gasteiger partial charge < -0.3 is 5.11 Å². The van der Waals surface area contributed by atoms with Gasteiger partial charge in [0.1, 0.15) is 0 Å². The molecule has 0 bridgehead atoms. The Bertz CT molecular complexity index is 85.7. The monoisotopic (exact) mass is 162 g/mol. The molecule has 0 aliphatic rings. The quantitative estimate of drug-likeness (QED) is 0.686. The summed E-state index contributed by atoms with van der Waals surface area (Å²) in [6.45, 7) is 8.30. The van der Waals surface area contributed by atoms with Gasteiger partial charge in [-0.3, -0.25) is 0 Å². The molecule has 0 amide bonds. The molecule has 10 heavy (non-hydrogen) atoms. The SMILES string of the molecule is CCSCC(O)C(C)(C)C. The molecule has 2 heteroatoms. The van der Waals surface area contributed by atoms with Crippen molar-refractivity contribution in [2.24, 2.45) is 5.41 Å². The number of rotatable bonds is 3. The van der Waals surface area contributed by atoms with E-state index in [9.17, 15) is 5.11 Å². The van der Waals surface area contributed by atoms with Crippen molar-refractivity contribution < 1.29 is 5.11 Å². The van der Waals surface area contributed by atoms with Gasteiger partial charge in [-0.2, -0.15) is 11.8 Å². The average Bonchev–Trinajstić information content (AvgIpc) is 1.80. The molecular weight excluding hydrogens is 144 g/mol. The molecule has 0 rings (SSSR count). The van der Waals surface area contributed by atoms with Crippen LogP contribution in [0.4, 0.5) is 0 Å². The van der Waals surface area contributed by atoms with Crippen molar-refractivity contribution in [1.82, 2.24) is 0 Å². The Hall–Kier alpha value is 0.310. The van der Waals surface area contributed by atoms with Gasteiger partial charge in [-0.15, -0.1) is 0 Å². The lowest BCUT2D eigenvalue weighted by atomic mass is 9.90. The van der Waals surface area contributed by atoms with Gasteiger partial charge >= 0.3 is 0 Å². The molecule has 0 aliphatic heterocycles. The Morgan fingerprint density at radius 3 is 2.20 bits per heavy atom. The van der Waals surface area contributed by atoms with Crippen LogP contribution in [0.1, 0.15) is 27.7 Å². The second-order valence-corrected chi connectivity index (χ2v) is 4.86. The number of thioether (sulfide) groups is 1. The molecule has 0 radical (unpaired) electrons. The van der Waals surface area contributed by atoms with E-state index in [2.05, 4.69) is 27.7 Å². The molecule has 0 saturated carbocycles. The zero-order valence-corrected chi connectivity index (χ0v) is 8.16. The minimum absolute atomic E-state index is 0.0438. The van der Waals surface area contributed by atoms with E-state index in [0.717, 1.165) is 11.5 Å². The van der Waals surface area contributed by atoms with Crippen LogP contribution < -0.4 is 0 Å². The lowest BCUT2D eigenvalue weighted by molar-refractivity contribution is 0.0843. The maximum atomic E-state index is 9.50. The van der Waals surface area contributed by atoms with Crippen molar-refractivity contribution >= 4 is 11.8 Å². The minimum Gasteiger partial charge on any atom is -0.392 e. The number of aliphatic hydroxyl groups is 1.